The first-order valence-corrected chi connectivity index (χ1v) is 14.0. The number of aliphatic hydroxyl groups is 3. The van der Waals surface area contributed by atoms with Crippen molar-refractivity contribution >= 4 is 5.97 Å². The monoisotopic (exact) mass is 488 g/mol. The van der Waals surface area contributed by atoms with E-state index in [0.717, 1.165) is 51.4 Å². The zero-order chi connectivity index (χ0) is 25.8. The van der Waals surface area contributed by atoms with E-state index in [1.54, 1.807) is 0 Å². The van der Waals surface area contributed by atoms with Gasteiger partial charge < -0.3 is 20.4 Å². The predicted molar refractivity (Wildman–Crippen MR) is 135 cm³/mol. The first-order chi connectivity index (χ1) is 16.1. The molecule has 0 aromatic carbocycles. The zero-order valence-corrected chi connectivity index (χ0v) is 22.7. The molecule has 10 atom stereocenters. The van der Waals surface area contributed by atoms with Crippen molar-refractivity contribution in [2.75, 3.05) is 6.61 Å². The van der Waals surface area contributed by atoms with Crippen LogP contribution in [0.4, 0.5) is 0 Å². The Bertz CT molecular complexity index is 941. The smallest absolute Gasteiger partial charge is 0.310 e. The van der Waals surface area contributed by atoms with Crippen LogP contribution in [0.2, 0.25) is 0 Å². The quantitative estimate of drug-likeness (QED) is 0.402. The molecule has 0 aliphatic heterocycles. The van der Waals surface area contributed by atoms with Gasteiger partial charge in [-0.3, -0.25) is 4.79 Å². The number of aliphatic carboxylic acids is 1. The van der Waals surface area contributed by atoms with Gasteiger partial charge in [-0.2, -0.15) is 0 Å². The largest absolute Gasteiger partial charge is 0.481 e. The van der Waals surface area contributed by atoms with Crippen LogP contribution < -0.4 is 0 Å². The minimum absolute atomic E-state index is 0.00698. The van der Waals surface area contributed by atoms with Gasteiger partial charge in [0.2, 0.25) is 0 Å². The van der Waals surface area contributed by atoms with Gasteiger partial charge >= 0.3 is 5.97 Å². The van der Waals surface area contributed by atoms with Crippen LogP contribution in [0.3, 0.4) is 0 Å². The number of fused-ring (bicyclic) bond motifs is 7. The van der Waals surface area contributed by atoms with E-state index in [9.17, 15) is 25.2 Å². The Morgan fingerprint density at radius 1 is 0.943 bits per heavy atom. The summed E-state index contributed by atoms with van der Waals surface area (Å²) in [7, 11) is 0. The molecule has 0 radical (unpaired) electrons. The number of rotatable bonds is 2. The highest BCUT2D eigenvalue weighted by molar-refractivity contribution is 5.76. The van der Waals surface area contributed by atoms with E-state index in [4.69, 9.17) is 0 Å². The molecule has 198 valence electrons. The highest BCUT2D eigenvalue weighted by Gasteiger charge is 2.70. The van der Waals surface area contributed by atoms with Crippen LogP contribution in [0.1, 0.15) is 99.3 Å². The summed E-state index contributed by atoms with van der Waals surface area (Å²) in [5, 5.41) is 42.8. The number of carbonyl (C=O) groups is 1. The van der Waals surface area contributed by atoms with Crippen molar-refractivity contribution in [2.24, 2.45) is 50.2 Å². The van der Waals surface area contributed by atoms with E-state index in [0.29, 0.717) is 12.3 Å². The lowest BCUT2D eigenvalue weighted by Gasteiger charge is -2.71. The van der Waals surface area contributed by atoms with E-state index >= 15 is 0 Å². The Labute approximate surface area is 211 Å². The molecule has 35 heavy (non-hydrogen) atoms. The number of hydrogen-bond acceptors (Lipinski definition) is 4. The minimum atomic E-state index is -0.907. The predicted octanol–water partition coefficient (Wildman–Crippen LogP) is 5.18. The van der Waals surface area contributed by atoms with E-state index in [1.165, 1.54) is 5.57 Å². The Morgan fingerprint density at radius 2 is 1.60 bits per heavy atom. The van der Waals surface area contributed by atoms with Gasteiger partial charge in [0.05, 0.1) is 24.2 Å². The average Bonchev–Trinajstić information content (AvgIpc) is 2.77. The van der Waals surface area contributed by atoms with Crippen molar-refractivity contribution in [1.29, 1.82) is 0 Å². The lowest BCUT2D eigenvalue weighted by Crippen LogP contribution is -2.68. The topological polar surface area (TPSA) is 98.0 Å². The second kappa shape index (κ2) is 7.57. The van der Waals surface area contributed by atoms with Crippen LogP contribution in [0.25, 0.3) is 0 Å². The van der Waals surface area contributed by atoms with Crippen molar-refractivity contribution in [3.63, 3.8) is 0 Å². The van der Waals surface area contributed by atoms with Gasteiger partial charge in [0.15, 0.2) is 0 Å². The molecular formula is C30H48O5. The third-order valence-corrected chi connectivity index (χ3v) is 13.2. The highest BCUT2D eigenvalue weighted by Crippen LogP contribution is 2.75. The summed E-state index contributed by atoms with van der Waals surface area (Å²) in [6.45, 7) is 13.6. The fourth-order valence-corrected chi connectivity index (χ4v) is 10.8. The first-order valence-electron chi connectivity index (χ1n) is 14.0. The molecule has 4 saturated carbocycles. The summed E-state index contributed by atoms with van der Waals surface area (Å²) < 4.78 is 0. The normalized spacial score (nSPS) is 55.0. The van der Waals surface area contributed by atoms with Crippen molar-refractivity contribution < 1.29 is 25.2 Å². The van der Waals surface area contributed by atoms with Gasteiger partial charge in [0.25, 0.3) is 0 Å². The summed E-state index contributed by atoms with van der Waals surface area (Å²) in [6.07, 6.45) is 8.40. The molecule has 5 rings (SSSR count). The molecule has 4 N–H and O–H groups in total. The summed E-state index contributed by atoms with van der Waals surface area (Å²) in [6, 6.07) is 0. The molecule has 0 spiro atoms. The molecule has 0 heterocycles. The molecule has 5 aliphatic carbocycles. The summed E-state index contributed by atoms with van der Waals surface area (Å²) in [5.74, 6) is -0.0472. The summed E-state index contributed by atoms with van der Waals surface area (Å²) >= 11 is 0. The molecule has 5 heteroatoms. The van der Waals surface area contributed by atoms with Crippen LogP contribution in [-0.2, 0) is 4.79 Å². The SMILES string of the molecule is CC1(C)CC[C@]2(C(=O)O)CC[C@@]3(C)C(=CC[C@H]4[C@@]5(C)C[C@@H](O)[C@H](O)[C@@](C)(CO)[C@@H]5CC[C@]43C)[C@H]2C1. The second-order valence-electron chi connectivity index (χ2n) is 15.1. The molecule has 5 aliphatic rings. The van der Waals surface area contributed by atoms with E-state index in [-0.39, 0.29) is 40.1 Å². The number of carboxylic acid groups (broad SMARTS) is 1. The molecule has 0 saturated heterocycles. The van der Waals surface area contributed by atoms with Crippen LogP contribution in [0.5, 0.6) is 0 Å². The molecule has 0 aromatic rings. The third-order valence-electron chi connectivity index (χ3n) is 13.2. The van der Waals surface area contributed by atoms with Crippen molar-refractivity contribution in [3.05, 3.63) is 11.6 Å². The van der Waals surface area contributed by atoms with Crippen LogP contribution in [0.15, 0.2) is 11.6 Å². The van der Waals surface area contributed by atoms with Crippen molar-refractivity contribution in [1.82, 2.24) is 0 Å². The fourth-order valence-electron chi connectivity index (χ4n) is 10.8. The molecule has 4 fully saturated rings. The second-order valence-corrected chi connectivity index (χ2v) is 15.1. The van der Waals surface area contributed by atoms with E-state index < -0.39 is 29.0 Å². The lowest BCUT2D eigenvalue weighted by atomic mass is 9.33. The van der Waals surface area contributed by atoms with Crippen LogP contribution in [-0.4, -0.2) is 45.2 Å². The standard InChI is InChI=1S/C30H48O5/c1-25(2)11-13-30(24(34)35)14-12-28(5)18(19(30)15-25)7-8-22-26(3)16-20(32)23(33)27(4,17-31)21(26)9-10-29(22,28)6/h7,19-23,31-33H,8-17H2,1-6H3,(H,34,35)/t19-,20-,21-,22+,23+,26+,27+,28+,29-,30+/m1/s1. The highest BCUT2D eigenvalue weighted by atomic mass is 16.4. The number of hydrogen-bond donors (Lipinski definition) is 4. The molecule has 0 amide bonds. The molecule has 0 unspecified atom stereocenters. The average molecular weight is 489 g/mol. The van der Waals surface area contributed by atoms with Crippen molar-refractivity contribution in [2.45, 2.75) is 112 Å². The lowest BCUT2D eigenvalue weighted by molar-refractivity contribution is -0.243. The third kappa shape index (κ3) is 3.07. The first kappa shape index (κ1) is 25.7. The zero-order valence-electron chi connectivity index (χ0n) is 22.7. The van der Waals surface area contributed by atoms with Gasteiger partial charge in [-0.05, 0) is 97.2 Å². The van der Waals surface area contributed by atoms with Gasteiger partial charge in [-0.1, -0.05) is 53.2 Å². The van der Waals surface area contributed by atoms with E-state index in [2.05, 4.69) is 40.7 Å². The maximum atomic E-state index is 12.8. The number of carboxylic acids is 1. The molecule has 5 nitrogen and oxygen atoms in total. The molecular weight excluding hydrogens is 440 g/mol. The Hall–Kier alpha value is -0.910. The Morgan fingerprint density at radius 3 is 2.23 bits per heavy atom. The molecule has 0 bridgehead atoms. The van der Waals surface area contributed by atoms with Crippen LogP contribution >= 0.6 is 0 Å². The van der Waals surface area contributed by atoms with Gasteiger partial charge in [0.1, 0.15) is 0 Å². The number of allylic oxidation sites excluding steroid dienone is 2. The van der Waals surface area contributed by atoms with Crippen molar-refractivity contribution in [3.8, 4) is 0 Å². The Balaban J connectivity index is 1.61. The summed E-state index contributed by atoms with van der Waals surface area (Å²) in [5.41, 5.74) is -0.0632. The van der Waals surface area contributed by atoms with E-state index in [1.807, 2.05) is 6.92 Å². The van der Waals surface area contributed by atoms with Gasteiger partial charge in [0, 0.05) is 5.41 Å². The maximum absolute atomic E-state index is 12.8. The van der Waals surface area contributed by atoms with Crippen LogP contribution in [0, 0.1) is 50.2 Å². The Kier molecular flexibility index (Phi) is 5.56. The minimum Gasteiger partial charge on any atom is -0.481 e. The summed E-state index contributed by atoms with van der Waals surface area (Å²) in [4.78, 5) is 12.8. The van der Waals surface area contributed by atoms with Gasteiger partial charge in [-0.25, -0.2) is 0 Å². The van der Waals surface area contributed by atoms with Gasteiger partial charge in [-0.15, -0.1) is 0 Å². The molecule has 0 aromatic heterocycles. The number of aliphatic hydroxyl groups excluding tert-OH is 3. The maximum Gasteiger partial charge on any atom is 0.310 e. The fraction of sp³-hybridized carbons (Fsp3) is 0.900.